The van der Waals surface area contributed by atoms with E-state index in [0.717, 1.165) is 23.1 Å². The fourth-order valence-corrected chi connectivity index (χ4v) is 4.74. The summed E-state index contributed by atoms with van der Waals surface area (Å²) >= 11 is 6.32. The molecule has 1 saturated heterocycles. The zero-order chi connectivity index (χ0) is 24.1. The third-order valence-electron chi connectivity index (χ3n) is 6.10. The first kappa shape index (κ1) is 23.9. The largest absolute Gasteiger partial charge is 0.493 e. The van der Waals surface area contributed by atoms with Crippen LogP contribution >= 0.6 is 11.6 Å². The number of carbonyl (C=O) groups is 1. The van der Waals surface area contributed by atoms with Crippen LogP contribution in [0, 0.1) is 0 Å². The van der Waals surface area contributed by atoms with Crippen LogP contribution in [0.1, 0.15) is 35.6 Å². The molecule has 0 spiro atoms. The van der Waals surface area contributed by atoms with E-state index in [1.807, 2.05) is 71.6 Å². The van der Waals surface area contributed by atoms with Gasteiger partial charge in [-0.05, 0) is 53.8 Å². The molecule has 2 unspecified atom stereocenters. The molecule has 4 rings (SSSR count). The van der Waals surface area contributed by atoms with Gasteiger partial charge in [0.1, 0.15) is 12.6 Å². The van der Waals surface area contributed by atoms with Gasteiger partial charge in [0, 0.05) is 11.6 Å². The lowest BCUT2D eigenvalue weighted by Gasteiger charge is -2.32. The van der Waals surface area contributed by atoms with E-state index in [2.05, 4.69) is 0 Å². The predicted octanol–water partition coefficient (Wildman–Crippen LogP) is 5.57. The number of likely N-dealkylation sites (tertiary alicyclic amines) is 1. The summed E-state index contributed by atoms with van der Waals surface area (Å²) in [5.74, 6) is 0.705. The minimum Gasteiger partial charge on any atom is -0.493 e. The van der Waals surface area contributed by atoms with Crippen molar-refractivity contribution in [3.8, 4) is 17.2 Å². The van der Waals surface area contributed by atoms with Crippen LogP contribution in [0.15, 0.2) is 66.7 Å². The van der Waals surface area contributed by atoms with Crippen molar-refractivity contribution in [2.75, 3.05) is 20.8 Å². The second-order valence-corrected chi connectivity index (χ2v) is 8.66. The molecule has 7 heteroatoms. The van der Waals surface area contributed by atoms with Crippen molar-refractivity contribution in [1.82, 2.24) is 4.90 Å². The first-order valence-corrected chi connectivity index (χ1v) is 11.6. The van der Waals surface area contributed by atoms with Crippen LogP contribution in [0.2, 0.25) is 5.02 Å². The molecule has 0 saturated carbocycles. The topological polar surface area (TPSA) is 68.2 Å². The predicted molar refractivity (Wildman–Crippen MR) is 131 cm³/mol. The third kappa shape index (κ3) is 5.13. The zero-order valence-electron chi connectivity index (χ0n) is 19.2. The lowest BCUT2D eigenvalue weighted by Crippen LogP contribution is -2.39. The summed E-state index contributed by atoms with van der Waals surface area (Å²) in [6.07, 6.45) is 1.40. The Morgan fingerprint density at radius 2 is 1.74 bits per heavy atom. The number of carboxylic acid groups (broad SMARTS) is 1. The third-order valence-corrected chi connectivity index (χ3v) is 6.34. The van der Waals surface area contributed by atoms with Gasteiger partial charge in [-0.2, -0.15) is 0 Å². The molecule has 2 atom stereocenters. The van der Waals surface area contributed by atoms with Crippen LogP contribution in [0.4, 0.5) is 0 Å². The quantitative estimate of drug-likeness (QED) is 0.430. The van der Waals surface area contributed by atoms with Crippen molar-refractivity contribution >= 4 is 17.6 Å². The van der Waals surface area contributed by atoms with Crippen LogP contribution in [0.25, 0.3) is 0 Å². The van der Waals surface area contributed by atoms with Gasteiger partial charge >= 0.3 is 5.97 Å². The van der Waals surface area contributed by atoms with Crippen LogP contribution in [-0.2, 0) is 11.4 Å². The van der Waals surface area contributed by atoms with E-state index in [4.69, 9.17) is 25.8 Å². The number of methoxy groups -OCH3 is 2. The summed E-state index contributed by atoms with van der Waals surface area (Å²) in [5.41, 5.74) is 2.77. The molecule has 3 aromatic rings. The van der Waals surface area contributed by atoms with Gasteiger partial charge in [-0.15, -0.1) is 0 Å². The smallest absolute Gasteiger partial charge is 0.320 e. The molecule has 1 heterocycles. The zero-order valence-corrected chi connectivity index (χ0v) is 20.0. The summed E-state index contributed by atoms with van der Waals surface area (Å²) < 4.78 is 17.5. The van der Waals surface area contributed by atoms with Gasteiger partial charge in [0.05, 0.1) is 20.3 Å². The molecule has 0 aliphatic carbocycles. The second-order valence-electron chi connectivity index (χ2n) is 8.22. The van der Waals surface area contributed by atoms with Gasteiger partial charge in [-0.3, -0.25) is 9.69 Å². The van der Waals surface area contributed by atoms with E-state index in [1.54, 1.807) is 14.2 Å². The molecule has 1 aliphatic heterocycles. The van der Waals surface area contributed by atoms with Gasteiger partial charge in [0.25, 0.3) is 0 Å². The van der Waals surface area contributed by atoms with E-state index in [9.17, 15) is 9.90 Å². The van der Waals surface area contributed by atoms with E-state index in [1.165, 1.54) is 0 Å². The van der Waals surface area contributed by atoms with Gasteiger partial charge < -0.3 is 19.3 Å². The molecule has 6 nitrogen and oxygen atoms in total. The lowest BCUT2D eigenvalue weighted by molar-refractivity contribution is -0.142. The number of hydrogen-bond acceptors (Lipinski definition) is 5. The maximum absolute atomic E-state index is 12.0. The molecule has 178 valence electrons. The highest BCUT2D eigenvalue weighted by Gasteiger charge is 2.37. The highest BCUT2D eigenvalue weighted by atomic mass is 35.5. The number of aliphatic carboxylic acids is 1. The lowest BCUT2D eigenvalue weighted by atomic mass is 9.95. The molecule has 1 N–H and O–H groups in total. The minimum absolute atomic E-state index is 0.340. The summed E-state index contributed by atoms with van der Waals surface area (Å²) in [5, 5.41) is 10.5. The standard InChI is InChI=1S/C27H28ClNO5/c1-32-23-15-20(16-24(33-2)26(23)34-17-18-8-4-3-5-9-18)25(19-10-6-11-21(28)14-19)29-13-7-12-22(29)27(30)31/h3-6,8-11,14-16,22,25H,7,12-13,17H2,1-2H3,(H,30,31). The Morgan fingerprint density at radius 1 is 1.03 bits per heavy atom. The van der Waals surface area contributed by atoms with Gasteiger partial charge in [-0.1, -0.05) is 54.1 Å². The van der Waals surface area contributed by atoms with Gasteiger partial charge in [-0.25, -0.2) is 0 Å². The highest BCUT2D eigenvalue weighted by molar-refractivity contribution is 6.30. The number of benzene rings is 3. The number of nitrogens with zero attached hydrogens (tertiary/aromatic N) is 1. The summed E-state index contributed by atoms with van der Waals surface area (Å²) in [4.78, 5) is 14.0. The average molecular weight is 482 g/mol. The molecule has 0 bridgehead atoms. The minimum atomic E-state index is -0.828. The Kier molecular flexibility index (Phi) is 7.60. The van der Waals surface area contributed by atoms with Crippen LogP contribution < -0.4 is 14.2 Å². The summed E-state index contributed by atoms with van der Waals surface area (Å²) in [7, 11) is 3.16. The van der Waals surface area contributed by atoms with Crippen molar-refractivity contribution in [1.29, 1.82) is 0 Å². The number of ether oxygens (including phenoxy) is 3. The second kappa shape index (κ2) is 10.8. The molecular formula is C27H28ClNO5. The molecule has 0 amide bonds. The van der Waals surface area contributed by atoms with Crippen molar-refractivity contribution in [3.63, 3.8) is 0 Å². The molecule has 1 aliphatic rings. The maximum Gasteiger partial charge on any atom is 0.320 e. The Bertz CT molecular complexity index is 1110. The number of carboxylic acids is 1. The Hall–Kier alpha value is -3.22. The Balaban J connectivity index is 1.77. The van der Waals surface area contributed by atoms with Crippen molar-refractivity contribution in [2.45, 2.75) is 31.5 Å². The van der Waals surface area contributed by atoms with Crippen LogP contribution in [0.3, 0.4) is 0 Å². The van der Waals surface area contributed by atoms with Crippen molar-refractivity contribution in [2.24, 2.45) is 0 Å². The molecule has 0 aromatic heterocycles. The SMILES string of the molecule is COc1cc(C(c2cccc(Cl)c2)N2CCCC2C(=O)O)cc(OC)c1OCc1ccccc1. The molecule has 0 radical (unpaired) electrons. The number of hydrogen-bond donors (Lipinski definition) is 1. The molecule has 34 heavy (non-hydrogen) atoms. The highest BCUT2D eigenvalue weighted by Crippen LogP contribution is 2.44. The Labute approximate surface area is 204 Å². The van der Waals surface area contributed by atoms with E-state index in [0.29, 0.717) is 41.8 Å². The fourth-order valence-electron chi connectivity index (χ4n) is 4.55. The molecular weight excluding hydrogens is 454 g/mol. The summed E-state index contributed by atoms with van der Waals surface area (Å²) in [6, 6.07) is 20.2. The monoisotopic (exact) mass is 481 g/mol. The van der Waals surface area contributed by atoms with Crippen LogP contribution in [0.5, 0.6) is 17.2 Å². The van der Waals surface area contributed by atoms with E-state index in [-0.39, 0.29) is 6.04 Å². The number of rotatable bonds is 9. The molecule has 3 aromatic carbocycles. The maximum atomic E-state index is 12.0. The first-order chi connectivity index (χ1) is 16.5. The van der Waals surface area contributed by atoms with Crippen molar-refractivity contribution < 1.29 is 24.1 Å². The fraction of sp³-hybridized carbons (Fsp3) is 0.296. The van der Waals surface area contributed by atoms with E-state index < -0.39 is 12.0 Å². The summed E-state index contributed by atoms with van der Waals surface area (Å²) in [6.45, 7) is 1.02. The molecule has 1 fully saturated rings. The number of halogens is 1. The van der Waals surface area contributed by atoms with Crippen LogP contribution in [-0.4, -0.2) is 42.8 Å². The van der Waals surface area contributed by atoms with Gasteiger partial charge in [0.15, 0.2) is 11.5 Å². The Morgan fingerprint density at radius 3 is 2.35 bits per heavy atom. The average Bonchev–Trinajstić information content (AvgIpc) is 3.33. The van der Waals surface area contributed by atoms with E-state index >= 15 is 0 Å². The first-order valence-electron chi connectivity index (χ1n) is 11.2. The normalized spacial score (nSPS) is 16.7. The van der Waals surface area contributed by atoms with Crippen molar-refractivity contribution in [3.05, 3.63) is 88.4 Å². The van der Waals surface area contributed by atoms with Gasteiger partial charge in [0.2, 0.25) is 5.75 Å².